The van der Waals surface area contributed by atoms with Gasteiger partial charge in [0.05, 0.1) is 25.9 Å². The van der Waals surface area contributed by atoms with Gasteiger partial charge in [0, 0.05) is 72.9 Å². The summed E-state index contributed by atoms with van der Waals surface area (Å²) in [5.41, 5.74) is -2.04. The number of rotatable bonds is 9. The largest absolute Gasteiger partial charge is 0.507 e. The van der Waals surface area contributed by atoms with Crippen LogP contribution >= 0.6 is 0 Å². The van der Waals surface area contributed by atoms with Gasteiger partial charge in [-0.15, -0.1) is 0 Å². The van der Waals surface area contributed by atoms with Crippen molar-refractivity contribution < 1.29 is 48.0 Å². The van der Waals surface area contributed by atoms with E-state index >= 15 is 0 Å². The van der Waals surface area contributed by atoms with Crippen LogP contribution in [0.25, 0.3) is 22.3 Å². The zero-order chi connectivity index (χ0) is 39.7. The summed E-state index contributed by atoms with van der Waals surface area (Å²) in [6.45, 7) is 4.01. The Morgan fingerprint density at radius 3 is 2.52 bits per heavy atom. The summed E-state index contributed by atoms with van der Waals surface area (Å²) in [4.78, 5) is 57.4. The molecule has 0 radical (unpaired) electrons. The Morgan fingerprint density at radius 2 is 1.82 bits per heavy atom. The molecule has 0 unspecified atom stereocenters. The van der Waals surface area contributed by atoms with Crippen molar-refractivity contribution in [2.24, 2.45) is 5.41 Å². The number of phenolic OH excluding ortho intramolecular Hbond substituents is 1. The summed E-state index contributed by atoms with van der Waals surface area (Å²) >= 11 is 0. The van der Waals surface area contributed by atoms with E-state index in [1.807, 2.05) is 48.2 Å². The Labute approximate surface area is 322 Å². The van der Waals surface area contributed by atoms with E-state index in [1.54, 1.807) is 25.2 Å². The first-order chi connectivity index (χ1) is 26.8. The summed E-state index contributed by atoms with van der Waals surface area (Å²) in [5, 5.41) is 26.5. The van der Waals surface area contributed by atoms with Crippen LogP contribution in [0, 0.1) is 5.41 Å². The van der Waals surface area contributed by atoms with Crippen LogP contribution in [-0.4, -0.2) is 97.7 Å². The number of hydrogen-bond acceptors (Lipinski definition) is 13. The molecular weight excluding hydrogens is 722 g/mol. The minimum Gasteiger partial charge on any atom is -0.507 e. The van der Waals surface area contributed by atoms with Gasteiger partial charge in [0.25, 0.3) is 5.91 Å². The van der Waals surface area contributed by atoms with Crippen molar-refractivity contribution in [3.05, 3.63) is 88.6 Å². The predicted octanol–water partition coefficient (Wildman–Crippen LogP) is 4.14. The molecule has 1 amide bonds. The number of fused-ring (bicyclic) bond motifs is 2. The number of aliphatic hydroxyl groups is 1. The number of carbonyl (C=O) groups excluding carboxylic acids is 3. The zero-order valence-electron chi connectivity index (χ0n) is 31.7. The average Bonchev–Trinajstić information content (AvgIpc) is 3.69. The minimum absolute atomic E-state index is 0.0148. The van der Waals surface area contributed by atoms with Crippen molar-refractivity contribution >= 4 is 40.2 Å². The Balaban J connectivity index is 1.15. The number of nitrogens with one attached hydrogen (secondary N) is 1. The lowest BCUT2D eigenvalue weighted by atomic mass is 9.47. The number of phenols is 1. The first-order valence-corrected chi connectivity index (χ1v) is 18.5. The smallest absolute Gasteiger partial charge is 0.344 e. The van der Waals surface area contributed by atoms with E-state index in [4.69, 9.17) is 23.4 Å². The van der Waals surface area contributed by atoms with E-state index in [9.17, 15) is 29.4 Å². The van der Waals surface area contributed by atoms with Gasteiger partial charge in [-0.2, -0.15) is 0 Å². The highest BCUT2D eigenvalue weighted by Crippen LogP contribution is 2.67. The maximum absolute atomic E-state index is 14.0. The van der Waals surface area contributed by atoms with Gasteiger partial charge in [-0.3, -0.25) is 19.3 Å². The molecule has 1 saturated carbocycles. The Morgan fingerprint density at radius 1 is 1.05 bits per heavy atom. The highest BCUT2D eigenvalue weighted by atomic mass is 16.6. The van der Waals surface area contributed by atoms with Crippen molar-refractivity contribution in [1.29, 1.82) is 0 Å². The number of aromatic hydroxyl groups is 1. The third-order valence-electron chi connectivity index (χ3n) is 12.2. The van der Waals surface area contributed by atoms with E-state index in [0.29, 0.717) is 54.4 Å². The standard InChI is InChI=1S/C42H43N3O11/c1-6-40-13-10-15-45-16-14-41(36(40)45)26-19-27(32(52-4)20-28(26)44(3)37(41)42(51,39(50)53-5)38(40)55-23(2)46)43-34(49)22-54-25-17-29(47)35-30(48)21-31(56-33(35)18-25)24-11-8-7-9-12-24/h7-13,17-21,36-38,47,51H,6,14-16,22H2,1-5H3,(H,43,49)/t36-,37+,38+,40+,41+,42-/m0/s1. The third kappa shape index (κ3) is 5.22. The van der Waals surface area contributed by atoms with Crippen LogP contribution in [0.5, 0.6) is 17.2 Å². The van der Waals surface area contributed by atoms with Gasteiger partial charge in [-0.05, 0) is 31.0 Å². The predicted molar refractivity (Wildman–Crippen MR) is 205 cm³/mol. The molecule has 0 bridgehead atoms. The number of benzene rings is 3. The normalized spacial score (nSPS) is 27.2. The fourth-order valence-electron chi connectivity index (χ4n) is 10.3. The number of hydrogen-bond donors (Lipinski definition) is 3. The third-order valence-corrected chi connectivity index (χ3v) is 12.2. The molecule has 3 N–H and O–H groups in total. The molecule has 292 valence electrons. The van der Waals surface area contributed by atoms with Crippen LogP contribution in [0.1, 0.15) is 32.3 Å². The summed E-state index contributed by atoms with van der Waals surface area (Å²) in [6.07, 6.45) is 3.70. The molecule has 4 aromatic rings. The summed E-state index contributed by atoms with van der Waals surface area (Å²) in [6, 6.07) is 15.4. The zero-order valence-corrected chi connectivity index (χ0v) is 31.7. The van der Waals surface area contributed by atoms with Crippen molar-refractivity contribution in [2.45, 2.75) is 55.9 Å². The Hall–Kier alpha value is -5.86. The van der Waals surface area contributed by atoms with Gasteiger partial charge in [0.1, 0.15) is 34.0 Å². The first-order valence-electron chi connectivity index (χ1n) is 18.5. The van der Waals surface area contributed by atoms with Crippen molar-refractivity contribution in [3.63, 3.8) is 0 Å². The second-order valence-corrected chi connectivity index (χ2v) is 14.9. The number of ether oxygens (including phenoxy) is 4. The number of methoxy groups -OCH3 is 2. The van der Waals surface area contributed by atoms with Crippen LogP contribution < -0.4 is 25.1 Å². The molecule has 3 aliphatic heterocycles. The number of esters is 2. The lowest BCUT2D eigenvalue weighted by Gasteiger charge is -2.63. The molecule has 14 heteroatoms. The van der Waals surface area contributed by atoms with Gasteiger partial charge in [0.15, 0.2) is 18.1 Å². The molecule has 1 saturated heterocycles. The highest BCUT2D eigenvalue weighted by Gasteiger charge is 2.80. The molecule has 3 aromatic carbocycles. The van der Waals surface area contributed by atoms with Crippen LogP contribution in [0.4, 0.5) is 11.4 Å². The van der Waals surface area contributed by atoms with Gasteiger partial charge in [-0.25, -0.2) is 4.79 Å². The monoisotopic (exact) mass is 765 g/mol. The van der Waals surface area contributed by atoms with Gasteiger partial charge in [-0.1, -0.05) is 49.4 Å². The lowest BCUT2D eigenvalue weighted by Crippen LogP contribution is -2.81. The SMILES string of the molecule is CC[C@]12C=CCN3CC[C@@]4(c5cc(NC(=O)COc6cc(O)c7c(=O)cc(-c8ccccc8)oc7c6)c(OC)cc5N(C)[C@H]4[C@@](O)(C(=O)OC)[C@@H]1OC(C)=O)[C@@H]32. The molecular formula is C42H43N3O11. The van der Waals surface area contributed by atoms with E-state index in [2.05, 4.69) is 10.2 Å². The Kier molecular flexibility index (Phi) is 8.88. The van der Waals surface area contributed by atoms with Gasteiger partial charge >= 0.3 is 11.9 Å². The number of anilines is 2. The van der Waals surface area contributed by atoms with E-state index in [-0.39, 0.29) is 28.5 Å². The molecule has 14 nitrogen and oxygen atoms in total. The number of nitrogens with zero attached hydrogens (tertiary/aromatic N) is 2. The average molecular weight is 766 g/mol. The lowest BCUT2D eigenvalue weighted by molar-refractivity contribution is -0.228. The minimum atomic E-state index is -2.30. The molecule has 1 spiro atoms. The molecule has 2 fully saturated rings. The van der Waals surface area contributed by atoms with Crippen LogP contribution in [0.15, 0.2) is 82.0 Å². The fourth-order valence-corrected chi connectivity index (χ4v) is 10.3. The number of carbonyl (C=O) groups is 3. The molecule has 8 rings (SSSR count). The van der Waals surface area contributed by atoms with Gasteiger partial charge < -0.3 is 43.8 Å². The van der Waals surface area contributed by atoms with Crippen LogP contribution in [-0.2, 0) is 29.3 Å². The second-order valence-electron chi connectivity index (χ2n) is 14.9. The van der Waals surface area contributed by atoms with Crippen molar-refractivity contribution in [1.82, 2.24) is 4.90 Å². The quantitative estimate of drug-likeness (QED) is 0.164. The molecule has 4 aliphatic rings. The van der Waals surface area contributed by atoms with Crippen LogP contribution in [0.2, 0.25) is 0 Å². The van der Waals surface area contributed by atoms with E-state index < -0.39 is 58.5 Å². The van der Waals surface area contributed by atoms with E-state index in [1.165, 1.54) is 39.3 Å². The first kappa shape index (κ1) is 37.1. The van der Waals surface area contributed by atoms with Gasteiger partial charge in [0.2, 0.25) is 5.60 Å². The summed E-state index contributed by atoms with van der Waals surface area (Å²) in [5.74, 6) is -1.73. The molecule has 4 heterocycles. The van der Waals surface area contributed by atoms with Crippen molar-refractivity contribution in [3.8, 4) is 28.6 Å². The maximum atomic E-state index is 14.0. The summed E-state index contributed by atoms with van der Waals surface area (Å²) in [7, 11) is 4.46. The van der Waals surface area contributed by atoms with E-state index in [0.717, 1.165) is 5.56 Å². The van der Waals surface area contributed by atoms with Crippen molar-refractivity contribution in [2.75, 3.05) is 51.2 Å². The second kappa shape index (κ2) is 13.4. The topological polar surface area (TPSA) is 177 Å². The molecule has 6 atom stereocenters. The number of amides is 1. The highest BCUT2D eigenvalue weighted by molar-refractivity contribution is 5.95. The fraction of sp³-hybridized carbons (Fsp3) is 0.381. The van der Waals surface area contributed by atoms with Crippen LogP contribution in [0.3, 0.4) is 0 Å². The summed E-state index contributed by atoms with van der Waals surface area (Å²) < 4.78 is 28.9. The number of likely N-dealkylation sites (N-methyl/N-ethyl adjacent to an activating group) is 1. The molecule has 1 aromatic heterocycles. The maximum Gasteiger partial charge on any atom is 0.344 e. The molecule has 1 aliphatic carbocycles. The molecule has 56 heavy (non-hydrogen) atoms. The Bertz CT molecular complexity index is 2360.